The van der Waals surface area contributed by atoms with Gasteiger partial charge >= 0.3 is 0 Å². The van der Waals surface area contributed by atoms with E-state index in [0.717, 1.165) is 27.8 Å². The summed E-state index contributed by atoms with van der Waals surface area (Å²) in [6.45, 7) is 4.69. The second-order valence-corrected chi connectivity index (χ2v) is 6.03. The SMILES string of the molecule is C=CCOc1ccc(CN(C)C(=O)Cc2c[nH]c3ccccc23)cc1. The normalized spacial score (nSPS) is 10.6. The number of fused-ring (bicyclic) bond motifs is 1. The molecule has 0 bridgehead atoms. The van der Waals surface area contributed by atoms with Gasteiger partial charge in [-0.3, -0.25) is 4.79 Å². The number of aromatic amines is 1. The first-order chi connectivity index (χ1) is 12.2. The first-order valence-electron chi connectivity index (χ1n) is 8.29. The van der Waals surface area contributed by atoms with Crippen LogP contribution in [0.3, 0.4) is 0 Å². The molecule has 0 aliphatic carbocycles. The van der Waals surface area contributed by atoms with Crippen LogP contribution in [0, 0.1) is 0 Å². The van der Waals surface area contributed by atoms with Crippen LogP contribution in [0.25, 0.3) is 10.9 Å². The number of carbonyl (C=O) groups is 1. The molecule has 4 heteroatoms. The van der Waals surface area contributed by atoms with Gasteiger partial charge in [-0.2, -0.15) is 0 Å². The Hall–Kier alpha value is -3.01. The minimum absolute atomic E-state index is 0.0942. The summed E-state index contributed by atoms with van der Waals surface area (Å²) in [5.41, 5.74) is 3.16. The molecule has 0 atom stereocenters. The molecule has 25 heavy (non-hydrogen) atoms. The number of amides is 1. The highest BCUT2D eigenvalue weighted by molar-refractivity contribution is 5.88. The van der Waals surface area contributed by atoms with Crippen molar-refractivity contribution in [3.05, 3.63) is 78.5 Å². The predicted octanol–water partition coefficient (Wildman–Crippen LogP) is 3.93. The van der Waals surface area contributed by atoms with Crippen LogP contribution in [0.5, 0.6) is 5.75 Å². The lowest BCUT2D eigenvalue weighted by Gasteiger charge is -2.17. The Labute approximate surface area is 147 Å². The van der Waals surface area contributed by atoms with Gasteiger partial charge in [-0.1, -0.05) is 43.0 Å². The highest BCUT2D eigenvalue weighted by Gasteiger charge is 2.13. The van der Waals surface area contributed by atoms with Gasteiger partial charge in [0.25, 0.3) is 0 Å². The number of para-hydroxylation sites is 1. The van der Waals surface area contributed by atoms with E-state index in [-0.39, 0.29) is 5.91 Å². The first-order valence-corrected chi connectivity index (χ1v) is 8.29. The van der Waals surface area contributed by atoms with Crippen molar-refractivity contribution in [2.24, 2.45) is 0 Å². The van der Waals surface area contributed by atoms with Crippen LogP contribution in [0.1, 0.15) is 11.1 Å². The maximum atomic E-state index is 12.5. The topological polar surface area (TPSA) is 45.3 Å². The van der Waals surface area contributed by atoms with Gasteiger partial charge in [0.15, 0.2) is 0 Å². The quantitative estimate of drug-likeness (QED) is 0.665. The molecule has 3 rings (SSSR count). The Kier molecular flexibility index (Phi) is 5.19. The van der Waals surface area contributed by atoms with Gasteiger partial charge in [0.1, 0.15) is 12.4 Å². The molecule has 0 saturated carbocycles. The fraction of sp³-hybridized carbons (Fsp3) is 0.190. The number of H-pyrrole nitrogens is 1. The molecule has 0 spiro atoms. The van der Waals surface area contributed by atoms with Gasteiger partial charge in [-0.15, -0.1) is 0 Å². The van der Waals surface area contributed by atoms with Crippen LogP contribution in [-0.4, -0.2) is 29.4 Å². The maximum Gasteiger partial charge on any atom is 0.227 e. The number of benzene rings is 2. The van der Waals surface area contributed by atoms with E-state index in [2.05, 4.69) is 11.6 Å². The zero-order chi connectivity index (χ0) is 17.6. The van der Waals surface area contributed by atoms with Crippen LogP contribution in [0.2, 0.25) is 0 Å². The molecule has 1 amide bonds. The van der Waals surface area contributed by atoms with Gasteiger partial charge in [-0.05, 0) is 29.3 Å². The predicted molar refractivity (Wildman–Crippen MR) is 101 cm³/mol. The molecule has 2 aromatic carbocycles. The highest BCUT2D eigenvalue weighted by atomic mass is 16.5. The largest absolute Gasteiger partial charge is 0.490 e. The molecular weight excluding hydrogens is 312 g/mol. The molecule has 0 saturated heterocycles. The molecule has 1 aromatic heterocycles. The average molecular weight is 334 g/mol. The van der Waals surface area contributed by atoms with Gasteiger partial charge in [0.05, 0.1) is 6.42 Å². The van der Waals surface area contributed by atoms with Crippen molar-refractivity contribution in [1.29, 1.82) is 0 Å². The van der Waals surface area contributed by atoms with E-state index in [1.165, 1.54) is 0 Å². The van der Waals surface area contributed by atoms with E-state index in [1.807, 2.05) is 61.8 Å². The summed E-state index contributed by atoms with van der Waals surface area (Å²) < 4.78 is 5.47. The molecule has 4 nitrogen and oxygen atoms in total. The van der Waals surface area contributed by atoms with Crippen molar-refractivity contribution < 1.29 is 9.53 Å². The van der Waals surface area contributed by atoms with E-state index in [4.69, 9.17) is 4.74 Å². The standard InChI is InChI=1S/C21H22N2O2/c1-3-12-25-18-10-8-16(9-11-18)15-23(2)21(24)13-17-14-22-20-7-5-4-6-19(17)20/h3-11,14,22H,1,12-13,15H2,2H3. The molecule has 0 radical (unpaired) electrons. The van der Waals surface area contributed by atoms with Gasteiger partial charge in [-0.25, -0.2) is 0 Å². The van der Waals surface area contributed by atoms with Crippen LogP contribution in [-0.2, 0) is 17.8 Å². The molecule has 0 aliphatic heterocycles. The van der Waals surface area contributed by atoms with Crippen LogP contribution in [0.15, 0.2) is 67.4 Å². The number of hydrogen-bond acceptors (Lipinski definition) is 2. The minimum Gasteiger partial charge on any atom is -0.490 e. The van der Waals surface area contributed by atoms with Crippen molar-refractivity contribution in [3.63, 3.8) is 0 Å². The van der Waals surface area contributed by atoms with Crippen molar-refractivity contribution in [3.8, 4) is 5.75 Å². The Balaban J connectivity index is 1.61. The fourth-order valence-corrected chi connectivity index (χ4v) is 2.78. The Morgan fingerprint density at radius 3 is 2.72 bits per heavy atom. The number of rotatable bonds is 7. The molecular formula is C21H22N2O2. The van der Waals surface area contributed by atoms with Gasteiger partial charge in [0, 0.05) is 30.7 Å². The van der Waals surface area contributed by atoms with E-state index in [9.17, 15) is 4.79 Å². The number of hydrogen-bond donors (Lipinski definition) is 1. The van der Waals surface area contributed by atoms with Crippen molar-refractivity contribution in [2.45, 2.75) is 13.0 Å². The highest BCUT2D eigenvalue weighted by Crippen LogP contribution is 2.19. The van der Waals surface area contributed by atoms with Crippen molar-refractivity contribution in [1.82, 2.24) is 9.88 Å². The third kappa shape index (κ3) is 4.10. The number of nitrogens with one attached hydrogen (secondary N) is 1. The van der Waals surface area contributed by atoms with E-state index < -0.39 is 0 Å². The third-order valence-corrected chi connectivity index (χ3v) is 4.15. The Morgan fingerprint density at radius 1 is 1.20 bits per heavy atom. The molecule has 0 unspecified atom stereocenters. The van der Waals surface area contributed by atoms with Crippen LogP contribution < -0.4 is 4.74 Å². The summed E-state index contributed by atoms with van der Waals surface area (Å²) in [4.78, 5) is 17.5. The lowest BCUT2D eigenvalue weighted by atomic mass is 10.1. The number of carbonyl (C=O) groups excluding carboxylic acids is 1. The number of likely N-dealkylation sites (N-methyl/N-ethyl adjacent to an activating group) is 1. The lowest BCUT2D eigenvalue weighted by molar-refractivity contribution is -0.129. The number of ether oxygens (including phenoxy) is 1. The van der Waals surface area contributed by atoms with E-state index >= 15 is 0 Å². The lowest BCUT2D eigenvalue weighted by Crippen LogP contribution is -2.27. The van der Waals surface area contributed by atoms with E-state index in [0.29, 0.717) is 19.6 Å². The van der Waals surface area contributed by atoms with Crippen molar-refractivity contribution in [2.75, 3.05) is 13.7 Å². The molecule has 0 fully saturated rings. The maximum absolute atomic E-state index is 12.5. The van der Waals surface area contributed by atoms with Crippen LogP contribution >= 0.6 is 0 Å². The second-order valence-electron chi connectivity index (χ2n) is 6.03. The monoisotopic (exact) mass is 334 g/mol. The van der Waals surface area contributed by atoms with E-state index in [1.54, 1.807) is 11.0 Å². The summed E-state index contributed by atoms with van der Waals surface area (Å²) in [6.07, 6.45) is 4.02. The summed E-state index contributed by atoms with van der Waals surface area (Å²) >= 11 is 0. The molecule has 3 aromatic rings. The summed E-state index contributed by atoms with van der Waals surface area (Å²) in [5.74, 6) is 0.896. The average Bonchev–Trinajstić information content (AvgIpc) is 3.04. The molecule has 1 N–H and O–H groups in total. The summed E-state index contributed by atoms with van der Waals surface area (Å²) in [6, 6.07) is 15.8. The van der Waals surface area contributed by atoms with Crippen molar-refractivity contribution >= 4 is 16.8 Å². The summed E-state index contributed by atoms with van der Waals surface area (Å²) in [5, 5.41) is 1.10. The zero-order valence-electron chi connectivity index (χ0n) is 14.4. The van der Waals surface area contributed by atoms with Crippen LogP contribution in [0.4, 0.5) is 0 Å². The minimum atomic E-state index is 0.0942. The fourth-order valence-electron chi connectivity index (χ4n) is 2.78. The number of nitrogens with zero attached hydrogens (tertiary/aromatic N) is 1. The Bertz CT molecular complexity index is 865. The number of aromatic nitrogens is 1. The summed E-state index contributed by atoms with van der Waals surface area (Å²) in [7, 11) is 1.83. The molecule has 128 valence electrons. The molecule has 0 aliphatic rings. The zero-order valence-corrected chi connectivity index (χ0v) is 14.4. The van der Waals surface area contributed by atoms with Gasteiger partial charge in [0.2, 0.25) is 5.91 Å². The van der Waals surface area contributed by atoms with Gasteiger partial charge < -0.3 is 14.6 Å². The second kappa shape index (κ2) is 7.71. The first kappa shape index (κ1) is 16.8. The smallest absolute Gasteiger partial charge is 0.227 e. The third-order valence-electron chi connectivity index (χ3n) is 4.15. The molecule has 1 heterocycles. The Morgan fingerprint density at radius 2 is 1.96 bits per heavy atom.